The Morgan fingerprint density at radius 1 is 1.28 bits per heavy atom. The second-order valence-corrected chi connectivity index (χ2v) is 4.83. The fourth-order valence-corrected chi connectivity index (χ4v) is 2.54. The van der Waals surface area contributed by atoms with Crippen molar-refractivity contribution in [2.24, 2.45) is 0 Å². The lowest BCUT2D eigenvalue weighted by Gasteiger charge is -2.11. The molecule has 0 N–H and O–H groups in total. The standard InChI is InChI=1S/C14H11BrClFO/c1-9-7-10(5-6-13(9)17)18-14-4-2-3-12(16)11(14)8-15/h2-7H,8H2,1H3. The van der Waals surface area contributed by atoms with Crippen molar-refractivity contribution < 1.29 is 9.13 Å². The van der Waals surface area contributed by atoms with Gasteiger partial charge in [-0.3, -0.25) is 0 Å². The van der Waals surface area contributed by atoms with Gasteiger partial charge in [-0.1, -0.05) is 33.6 Å². The van der Waals surface area contributed by atoms with Crippen molar-refractivity contribution in [1.29, 1.82) is 0 Å². The fourth-order valence-electron chi connectivity index (χ4n) is 1.57. The van der Waals surface area contributed by atoms with E-state index in [4.69, 9.17) is 16.3 Å². The van der Waals surface area contributed by atoms with E-state index in [1.807, 2.05) is 12.1 Å². The summed E-state index contributed by atoms with van der Waals surface area (Å²) >= 11 is 9.46. The van der Waals surface area contributed by atoms with Crippen LogP contribution in [0.25, 0.3) is 0 Å². The van der Waals surface area contributed by atoms with E-state index in [0.29, 0.717) is 27.4 Å². The second-order valence-electron chi connectivity index (χ2n) is 3.86. The van der Waals surface area contributed by atoms with Crippen LogP contribution >= 0.6 is 27.5 Å². The van der Waals surface area contributed by atoms with Gasteiger partial charge in [-0.2, -0.15) is 0 Å². The largest absolute Gasteiger partial charge is 0.457 e. The molecular formula is C14H11BrClFO. The molecule has 18 heavy (non-hydrogen) atoms. The van der Waals surface area contributed by atoms with Gasteiger partial charge in [0.2, 0.25) is 0 Å². The molecule has 0 atom stereocenters. The van der Waals surface area contributed by atoms with E-state index in [2.05, 4.69) is 15.9 Å². The molecule has 94 valence electrons. The third-order valence-electron chi connectivity index (χ3n) is 2.57. The number of ether oxygens (including phenoxy) is 1. The van der Waals surface area contributed by atoms with Gasteiger partial charge in [0.05, 0.1) is 0 Å². The number of alkyl halides is 1. The number of halogens is 3. The van der Waals surface area contributed by atoms with Crippen LogP contribution in [0.2, 0.25) is 5.02 Å². The van der Waals surface area contributed by atoms with E-state index in [9.17, 15) is 4.39 Å². The Morgan fingerprint density at radius 2 is 2.06 bits per heavy atom. The highest BCUT2D eigenvalue weighted by Crippen LogP contribution is 2.32. The zero-order valence-electron chi connectivity index (χ0n) is 9.71. The minimum Gasteiger partial charge on any atom is -0.457 e. The maximum Gasteiger partial charge on any atom is 0.132 e. The van der Waals surface area contributed by atoms with Gasteiger partial charge in [0.15, 0.2) is 0 Å². The van der Waals surface area contributed by atoms with E-state index in [1.165, 1.54) is 6.07 Å². The van der Waals surface area contributed by atoms with Crippen LogP contribution in [0.3, 0.4) is 0 Å². The molecule has 2 aromatic carbocycles. The highest BCUT2D eigenvalue weighted by atomic mass is 79.9. The van der Waals surface area contributed by atoms with E-state index in [0.717, 1.165) is 5.56 Å². The van der Waals surface area contributed by atoms with Crippen LogP contribution in [-0.2, 0) is 5.33 Å². The number of aryl methyl sites for hydroxylation is 1. The molecule has 0 bridgehead atoms. The fraction of sp³-hybridized carbons (Fsp3) is 0.143. The zero-order chi connectivity index (χ0) is 13.1. The van der Waals surface area contributed by atoms with Crippen molar-refractivity contribution in [1.82, 2.24) is 0 Å². The van der Waals surface area contributed by atoms with Gasteiger partial charge < -0.3 is 4.74 Å². The molecule has 0 fully saturated rings. The number of rotatable bonds is 3. The molecule has 0 radical (unpaired) electrons. The Morgan fingerprint density at radius 3 is 2.72 bits per heavy atom. The first kappa shape index (κ1) is 13.4. The summed E-state index contributed by atoms with van der Waals surface area (Å²) in [5.41, 5.74) is 1.43. The Kier molecular flexibility index (Phi) is 4.25. The van der Waals surface area contributed by atoms with Crippen molar-refractivity contribution in [3.8, 4) is 11.5 Å². The Labute approximate surface area is 119 Å². The van der Waals surface area contributed by atoms with E-state index >= 15 is 0 Å². The average Bonchev–Trinajstić information content (AvgIpc) is 2.34. The number of hydrogen-bond donors (Lipinski definition) is 0. The SMILES string of the molecule is Cc1cc(Oc2cccc(Cl)c2CBr)ccc1F. The molecule has 2 aromatic rings. The van der Waals surface area contributed by atoms with Gasteiger partial charge in [0, 0.05) is 15.9 Å². The van der Waals surface area contributed by atoms with E-state index in [1.54, 1.807) is 25.1 Å². The van der Waals surface area contributed by atoms with Crippen molar-refractivity contribution >= 4 is 27.5 Å². The first-order chi connectivity index (χ1) is 8.61. The molecule has 1 nitrogen and oxygen atoms in total. The minimum absolute atomic E-state index is 0.242. The maximum atomic E-state index is 13.2. The molecule has 0 aliphatic heterocycles. The third-order valence-corrected chi connectivity index (χ3v) is 3.48. The predicted molar refractivity (Wildman–Crippen MR) is 75.3 cm³/mol. The van der Waals surface area contributed by atoms with Gasteiger partial charge in [0.1, 0.15) is 17.3 Å². The maximum absolute atomic E-state index is 13.2. The summed E-state index contributed by atoms with van der Waals surface area (Å²) in [5.74, 6) is 1.03. The topological polar surface area (TPSA) is 9.23 Å². The van der Waals surface area contributed by atoms with Crippen LogP contribution in [0, 0.1) is 12.7 Å². The molecule has 0 aromatic heterocycles. The summed E-state index contributed by atoms with van der Waals surface area (Å²) in [6, 6.07) is 10.1. The molecule has 0 saturated carbocycles. The van der Waals surface area contributed by atoms with Gasteiger partial charge in [-0.25, -0.2) is 4.39 Å². The summed E-state index contributed by atoms with van der Waals surface area (Å²) in [7, 11) is 0. The summed E-state index contributed by atoms with van der Waals surface area (Å²) in [5, 5.41) is 1.24. The van der Waals surface area contributed by atoms with Gasteiger partial charge in [0.25, 0.3) is 0 Å². The van der Waals surface area contributed by atoms with Gasteiger partial charge in [-0.15, -0.1) is 0 Å². The first-order valence-electron chi connectivity index (χ1n) is 5.39. The number of hydrogen-bond acceptors (Lipinski definition) is 1. The summed E-state index contributed by atoms with van der Waals surface area (Å²) in [4.78, 5) is 0. The average molecular weight is 330 g/mol. The Bertz CT molecular complexity index is 572. The van der Waals surface area contributed by atoms with Crippen molar-refractivity contribution in [2.75, 3.05) is 0 Å². The molecule has 0 aliphatic carbocycles. The van der Waals surface area contributed by atoms with Crippen LogP contribution < -0.4 is 4.74 Å². The molecule has 0 spiro atoms. The monoisotopic (exact) mass is 328 g/mol. The molecule has 0 heterocycles. The van der Waals surface area contributed by atoms with Crippen LogP contribution in [-0.4, -0.2) is 0 Å². The lowest BCUT2D eigenvalue weighted by Crippen LogP contribution is -1.91. The smallest absolute Gasteiger partial charge is 0.132 e. The first-order valence-corrected chi connectivity index (χ1v) is 6.89. The summed E-state index contributed by atoms with van der Waals surface area (Å²) < 4.78 is 18.9. The van der Waals surface area contributed by atoms with E-state index < -0.39 is 0 Å². The Balaban J connectivity index is 2.34. The van der Waals surface area contributed by atoms with Crippen molar-refractivity contribution in [3.05, 3.63) is 58.4 Å². The zero-order valence-corrected chi connectivity index (χ0v) is 12.1. The van der Waals surface area contributed by atoms with Crippen molar-refractivity contribution in [3.63, 3.8) is 0 Å². The summed E-state index contributed by atoms with van der Waals surface area (Å²) in [6.07, 6.45) is 0. The molecular weight excluding hydrogens is 319 g/mol. The quantitative estimate of drug-likeness (QED) is 0.678. The normalized spacial score (nSPS) is 10.4. The van der Waals surface area contributed by atoms with Crippen LogP contribution in [0.5, 0.6) is 11.5 Å². The minimum atomic E-state index is -0.242. The molecule has 0 unspecified atom stereocenters. The summed E-state index contributed by atoms with van der Waals surface area (Å²) in [6.45, 7) is 1.70. The Hall–Kier alpha value is -1.06. The predicted octanol–water partition coefficient (Wildman–Crippen LogP) is 5.47. The lowest BCUT2D eigenvalue weighted by molar-refractivity contribution is 0.476. The van der Waals surface area contributed by atoms with Crippen LogP contribution in [0.4, 0.5) is 4.39 Å². The molecule has 0 saturated heterocycles. The molecule has 4 heteroatoms. The van der Waals surface area contributed by atoms with Crippen molar-refractivity contribution in [2.45, 2.75) is 12.3 Å². The van der Waals surface area contributed by atoms with Gasteiger partial charge in [-0.05, 0) is 42.8 Å². The molecule has 0 amide bonds. The molecule has 2 rings (SSSR count). The second kappa shape index (κ2) is 5.72. The third kappa shape index (κ3) is 2.85. The molecule has 0 aliphatic rings. The highest BCUT2D eigenvalue weighted by molar-refractivity contribution is 9.08. The van der Waals surface area contributed by atoms with Crippen LogP contribution in [0.15, 0.2) is 36.4 Å². The lowest BCUT2D eigenvalue weighted by atomic mass is 10.2. The van der Waals surface area contributed by atoms with Gasteiger partial charge >= 0.3 is 0 Å². The highest BCUT2D eigenvalue weighted by Gasteiger charge is 2.08. The number of benzene rings is 2. The van der Waals surface area contributed by atoms with Crippen LogP contribution in [0.1, 0.15) is 11.1 Å². The van der Waals surface area contributed by atoms with E-state index in [-0.39, 0.29) is 5.82 Å².